The number of carbonyl (C=O) groups excluding carboxylic acids is 1. The maximum Gasteiger partial charge on any atom is 0.315 e. The topological polar surface area (TPSA) is 87.7 Å². The van der Waals surface area contributed by atoms with Crippen molar-refractivity contribution in [2.45, 2.75) is 57.9 Å². The molecular weight excluding hydrogens is 284 g/mol. The number of nitrogens with one attached hydrogen (secondary N) is 2. The van der Waals surface area contributed by atoms with Gasteiger partial charge in [0.1, 0.15) is 0 Å². The molecule has 6 heteroatoms. The molecule has 2 aliphatic carbocycles. The van der Waals surface area contributed by atoms with E-state index in [0.717, 1.165) is 45.3 Å². The Labute approximate surface area is 132 Å². The van der Waals surface area contributed by atoms with Gasteiger partial charge in [-0.25, -0.2) is 4.79 Å². The molecule has 2 fully saturated rings. The van der Waals surface area contributed by atoms with E-state index in [-0.39, 0.29) is 23.4 Å². The average Bonchev–Trinajstić information content (AvgIpc) is 3.26. The highest BCUT2D eigenvalue weighted by molar-refractivity contribution is 5.74. The number of carboxylic acids is 1. The Morgan fingerprint density at radius 2 is 1.91 bits per heavy atom. The number of ether oxygens (including phenoxy) is 1. The molecule has 2 aliphatic rings. The summed E-state index contributed by atoms with van der Waals surface area (Å²) in [6.45, 7) is 4.20. The van der Waals surface area contributed by atoms with Crippen molar-refractivity contribution in [3.63, 3.8) is 0 Å². The molecule has 0 saturated heterocycles. The van der Waals surface area contributed by atoms with Gasteiger partial charge in [-0.15, -0.1) is 0 Å². The summed E-state index contributed by atoms with van der Waals surface area (Å²) in [6.07, 6.45) is 6.12. The Balaban J connectivity index is 1.61. The molecule has 3 N–H and O–H groups in total. The summed E-state index contributed by atoms with van der Waals surface area (Å²) in [7, 11) is 0. The Morgan fingerprint density at radius 3 is 2.45 bits per heavy atom. The fourth-order valence-corrected chi connectivity index (χ4v) is 3.11. The first-order valence-corrected chi connectivity index (χ1v) is 8.39. The van der Waals surface area contributed by atoms with Gasteiger partial charge in [0.25, 0.3) is 0 Å². The van der Waals surface area contributed by atoms with Crippen molar-refractivity contribution < 1.29 is 19.4 Å². The van der Waals surface area contributed by atoms with Crippen LogP contribution in [-0.2, 0) is 9.53 Å². The molecule has 126 valence electrons. The largest absolute Gasteiger partial charge is 0.481 e. The predicted molar refractivity (Wildman–Crippen MR) is 82.7 cm³/mol. The van der Waals surface area contributed by atoms with Crippen molar-refractivity contribution in [3.05, 3.63) is 0 Å². The molecule has 2 saturated carbocycles. The van der Waals surface area contributed by atoms with Crippen molar-refractivity contribution in [1.29, 1.82) is 0 Å². The summed E-state index contributed by atoms with van der Waals surface area (Å²) in [6, 6.07) is -0.0179. The van der Waals surface area contributed by atoms with Crippen LogP contribution in [0.1, 0.15) is 51.9 Å². The van der Waals surface area contributed by atoms with Gasteiger partial charge in [0.2, 0.25) is 0 Å². The van der Waals surface area contributed by atoms with E-state index in [9.17, 15) is 9.59 Å². The van der Waals surface area contributed by atoms with Crippen molar-refractivity contribution in [3.8, 4) is 0 Å². The zero-order valence-corrected chi connectivity index (χ0v) is 13.4. The van der Waals surface area contributed by atoms with Gasteiger partial charge in [-0.2, -0.15) is 0 Å². The van der Waals surface area contributed by atoms with E-state index in [0.29, 0.717) is 19.4 Å². The molecule has 0 aromatic carbocycles. The molecule has 2 rings (SSSR count). The van der Waals surface area contributed by atoms with Crippen LogP contribution in [0.5, 0.6) is 0 Å². The predicted octanol–water partition coefficient (Wildman–Crippen LogP) is 2.14. The standard InChI is InChI=1S/C16H28N2O4/c1-2-22-10-9-16(7-8-16)11-17-15(21)18-13-5-3-12(4-6-13)14(19)20/h12-13H,2-11H2,1H3,(H,19,20)(H2,17,18,21). The van der Waals surface area contributed by atoms with E-state index < -0.39 is 5.97 Å². The third kappa shape index (κ3) is 5.16. The molecule has 0 aromatic rings. The Kier molecular flexibility index (Phi) is 6.06. The molecule has 0 bridgehead atoms. The normalized spacial score (nSPS) is 26.2. The third-order valence-corrected chi connectivity index (χ3v) is 4.97. The fourth-order valence-electron chi connectivity index (χ4n) is 3.11. The van der Waals surface area contributed by atoms with Gasteiger partial charge in [0.05, 0.1) is 5.92 Å². The van der Waals surface area contributed by atoms with E-state index in [1.54, 1.807) is 0 Å². The van der Waals surface area contributed by atoms with E-state index in [4.69, 9.17) is 9.84 Å². The summed E-state index contributed by atoms with van der Waals surface area (Å²) in [4.78, 5) is 22.9. The minimum Gasteiger partial charge on any atom is -0.481 e. The Hall–Kier alpha value is -1.30. The number of hydrogen-bond donors (Lipinski definition) is 3. The zero-order chi connectivity index (χ0) is 16.0. The smallest absolute Gasteiger partial charge is 0.315 e. The third-order valence-electron chi connectivity index (χ3n) is 4.97. The molecule has 0 heterocycles. The quantitative estimate of drug-likeness (QED) is 0.599. The summed E-state index contributed by atoms with van der Waals surface area (Å²) in [5, 5.41) is 14.9. The molecule has 0 aliphatic heterocycles. The minimum atomic E-state index is -0.715. The van der Waals surface area contributed by atoms with Crippen LogP contribution in [0.4, 0.5) is 4.79 Å². The van der Waals surface area contributed by atoms with Crippen LogP contribution in [0, 0.1) is 11.3 Å². The molecule has 6 nitrogen and oxygen atoms in total. The number of urea groups is 1. The van der Waals surface area contributed by atoms with Crippen molar-refractivity contribution in [2.24, 2.45) is 11.3 Å². The van der Waals surface area contributed by atoms with Crippen LogP contribution in [0.3, 0.4) is 0 Å². The maximum absolute atomic E-state index is 12.0. The van der Waals surface area contributed by atoms with Gasteiger partial charge < -0.3 is 20.5 Å². The van der Waals surface area contributed by atoms with Gasteiger partial charge in [-0.1, -0.05) is 0 Å². The molecule has 0 aromatic heterocycles. The van der Waals surface area contributed by atoms with Crippen molar-refractivity contribution >= 4 is 12.0 Å². The SMILES string of the molecule is CCOCCC1(CNC(=O)NC2CCC(C(=O)O)CC2)CC1. The minimum absolute atomic E-state index is 0.106. The highest BCUT2D eigenvalue weighted by atomic mass is 16.5. The molecule has 0 radical (unpaired) electrons. The van der Waals surface area contributed by atoms with Crippen molar-refractivity contribution in [1.82, 2.24) is 10.6 Å². The lowest BCUT2D eigenvalue weighted by Crippen LogP contribution is -2.45. The van der Waals surface area contributed by atoms with Gasteiger partial charge in [0.15, 0.2) is 0 Å². The van der Waals surface area contributed by atoms with Gasteiger partial charge in [0, 0.05) is 25.8 Å². The summed E-state index contributed by atoms with van der Waals surface area (Å²) in [5.74, 6) is -0.956. The molecular formula is C16H28N2O4. The second kappa shape index (κ2) is 7.81. The van der Waals surface area contributed by atoms with E-state index in [1.165, 1.54) is 0 Å². The number of amides is 2. The van der Waals surface area contributed by atoms with Crippen LogP contribution in [-0.4, -0.2) is 42.9 Å². The summed E-state index contributed by atoms with van der Waals surface area (Å²) >= 11 is 0. The molecule has 22 heavy (non-hydrogen) atoms. The second-order valence-corrected chi connectivity index (χ2v) is 6.66. The monoisotopic (exact) mass is 312 g/mol. The fraction of sp³-hybridized carbons (Fsp3) is 0.875. The molecule has 0 unspecified atom stereocenters. The highest BCUT2D eigenvalue weighted by Gasteiger charge is 2.42. The molecule has 0 spiro atoms. The Bertz CT molecular complexity index is 388. The molecule has 0 atom stereocenters. The lowest BCUT2D eigenvalue weighted by atomic mass is 9.86. The van der Waals surface area contributed by atoms with Gasteiger partial charge in [-0.05, 0) is 57.3 Å². The maximum atomic E-state index is 12.0. The van der Waals surface area contributed by atoms with E-state index in [1.807, 2.05) is 6.92 Å². The summed E-state index contributed by atoms with van der Waals surface area (Å²) < 4.78 is 5.39. The number of carboxylic acid groups (broad SMARTS) is 1. The number of aliphatic carboxylic acids is 1. The highest BCUT2D eigenvalue weighted by Crippen LogP contribution is 2.48. The number of carbonyl (C=O) groups is 2. The first kappa shape index (κ1) is 17.1. The van der Waals surface area contributed by atoms with Crippen LogP contribution in [0.25, 0.3) is 0 Å². The van der Waals surface area contributed by atoms with Crippen LogP contribution >= 0.6 is 0 Å². The second-order valence-electron chi connectivity index (χ2n) is 6.66. The van der Waals surface area contributed by atoms with Crippen LogP contribution < -0.4 is 10.6 Å². The van der Waals surface area contributed by atoms with Crippen LogP contribution in [0.2, 0.25) is 0 Å². The number of rotatable bonds is 8. The van der Waals surface area contributed by atoms with Crippen LogP contribution in [0.15, 0.2) is 0 Å². The average molecular weight is 312 g/mol. The number of hydrogen-bond acceptors (Lipinski definition) is 3. The zero-order valence-electron chi connectivity index (χ0n) is 13.4. The molecule has 2 amide bonds. The lowest BCUT2D eigenvalue weighted by molar-refractivity contribution is -0.142. The lowest BCUT2D eigenvalue weighted by Gasteiger charge is -2.27. The van der Waals surface area contributed by atoms with E-state index in [2.05, 4.69) is 10.6 Å². The first-order chi connectivity index (χ1) is 10.5. The van der Waals surface area contributed by atoms with E-state index >= 15 is 0 Å². The van der Waals surface area contributed by atoms with Gasteiger partial charge >= 0.3 is 12.0 Å². The first-order valence-electron chi connectivity index (χ1n) is 8.39. The Morgan fingerprint density at radius 1 is 1.23 bits per heavy atom. The van der Waals surface area contributed by atoms with Crippen molar-refractivity contribution in [2.75, 3.05) is 19.8 Å². The van der Waals surface area contributed by atoms with Gasteiger partial charge in [-0.3, -0.25) is 4.79 Å². The summed E-state index contributed by atoms with van der Waals surface area (Å²) in [5.41, 5.74) is 0.244.